The number of nitrogens with one attached hydrogen (secondary N) is 3. The second-order valence-corrected chi connectivity index (χ2v) is 7.08. The van der Waals surface area contributed by atoms with Crippen LogP contribution in [0.4, 0.5) is 11.6 Å². The first-order chi connectivity index (χ1) is 12.6. The Bertz CT molecular complexity index is 1110. The van der Waals surface area contributed by atoms with E-state index in [2.05, 4.69) is 52.1 Å². The lowest BCUT2D eigenvalue weighted by Crippen LogP contribution is -2.16. The number of para-hydroxylation sites is 1. The summed E-state index contributed by atoms with van der Waals surface area (Å²) in [5.74, 6) is -0.0667. The molecule has 0 unspecified atom stereocenters. The maximum atomic E-state index is 12.2. The van der Waals surface area contributed by atoms with Gasteiger partial charge in [-0.2, -0.15) is 14.9 Å². The molecule has 130 valence electrons. The Morgan fingerprint density at radius 1 is 1.38 bits per heavy atom. The van der Waals surface area contributed by atoms with Crippen LogP contribution < -0.4 is 10.7 Å². The van der Waals surface area contributed by atoms with Gasteiger partial charge in [0, 0.05) is 10.9 Å². The number of anilines is 2. The van der Waals surface area contributed by atoms with E-state index in [1.807, 2.05) is 17.5 Å². The molecule has 9 nitrogen and oxygen atoms in total. The SMILES string of the molecule is O=C1Nc2ccccc2/C1=N/n1c(N/N=C/c2nc(Br)cs2)n[nH]c1=S. The monoisotopic (exact) mass is 448 g/mol. The molecule has 1 amide bonds. The summed E-state index contributed by atoms with van der Waals surface area (Å²) in [6.07, 6.45) is 1.54. The second-order valence-electron chi connectivity index (χ2n) is 4.99. The molecule has 1 aliphatic rings. The lowest BCUT2D eigenvalue weighted by molar-refractivity contribution is -0.110. The Morgan fingerprint density at radius 2 is 2.23 bits per heavy atom. The van der Waals surface area contributed by atoms with Crippen molar-refractivity contribution in [3.63, 3.8) is 0 Å². The van der Waals surface area contributed by atoms with Crippen LogP contribution in [0.25, 0.3) is 0 Å². The summed E-state index contributed by atoms with van der Waals surface area (Å²) in [5, 5.41) is 20.4. The van der Waals surface area contributed by atoms with Crippen LogP contribution in [-0.2, 0) is 4.79 Å². The van der Waals surface area contributed by atoms with Gasteiger partial charge in [-0.1, -0.05) is 18.2 Å². The lowest BCUT2D eigenvalue weighted by atomic mass is 10.1. The van der Waals surface area contributed by atoms with Crippen LogP contribution in [0.2, 0.25) is 0 Å². The van der Waals surface area contributed by atoms with Gasteiger partial charge in [-0.25, -0.2) is 15.5 Å². The zero-order valence-corrected chi connectivity index (χ0v) is 16.0. The van der Waals surface area contributed by atoms with E-state index in [4.69, 9.17) is 12.2 Å². The number of carbonyl (C=O) groups excluding carboxylic acids is 1. The smallest absolute Gasteiger partial charge is 0.276 e. The number of carbonyl (C=O) groups is 1. The zero-order chi connectivity index (χ0) is 18.1. The highest BCUT2D eigenvalue weighted by Crippen LogP contribution is 2.23. The summed E-state index contributed by atoms with van der Waals surface area (Å²) >= 11 is 9.90. The molecule has 3 aromatic rings. The normalized spacial score (nSPS) is 14.8. The van der Waals surface area contributed by atoms with Crippen molar-refractivity contribution < 1.29 is 4.79 Å². The second kappa shape index (κ2) is 6.90. The first-order valence-corrected chi connectivity index (χ1v) is 9.27. The molecule has 3 heterocycles. The van der Waals surface area contributed by atoms with Gasteiger partial charge in [-0.05, 0) is 34.2 Å². The van der Waals surface area contributed by atoms with Gasteiger partial charge < -0.3 is 5.32 Å². The van der Waals surface area contributed by atoms with Crippen LogP contribution in [0, 0.1) is 4.77 Å². The number of H-pyrrole nitrogens is 1. The molecule has 0 aliphatic carbocycles. The molecule has 2 aromatic heterocycles. The molecular weight excluding hydrogens is 440 g/mol. The number of amides is 1. The third-order valence-electron chi connectivity index (χ3n) is 3.33. The number of aromatic nitrogens is 4. The number of benzene rings is 1. The van der Waals surface area contributed by atoms with Gasteiger partial charge in [0.1, 0.15) is 9.61 Å². The largest absolute Gasteiger partial charge is 0.320 e. The van der Waals surface area contributed by atoms with Crippen LogP contribution in [0.15, 0.2) is 44.5 Å². The fourth-order valence-electron chi connectivity index (χ4n) is 2.23. The summed E-state index contributed by atoms with van der Waals surface area (Å²) in [6, 6.07) is 7.28. The van der Waals surface area contributed by atoms with Crippen molar-refractivity contribution in [2.24, 2.45) is 10.2 Å². The number of hydrazone groups is 1. The van der Waals surface area contributed by atoms with Crippen molar-refractivity contribution in [3.8, 4) is 0 Å². The molecule has 4 rings (SSSR count). The number of nitrogens with zero attached hydrogens (tertiary/aromatic N) is 5. The number of aromatic amines is 1. The van der Waals surface area contributed by atoms with Crippen molar-refractivity contribution in [2.45, 2.75) is 0 Å². The van der Waals surface area contributed by atoms with Gasteiger partial charge in [-0.15, -0.1) is 16.4 Å². The first-order valence-electron chi connectivity index (χ1n) is 7.19. The van der Waals surface area contributed by atoms with Crippen LogP contribution in [0.3, 0.4) is 0 Å². The van der Waals surface area contributed by atoms with Crippen molar-refractivity contribution in [1.29, 1.82) is 0 Å². The highest BCUT2D eigenvalue weighted by atomic mass is 79.9. The quantitative estimate of drug-likeness (QED) is 0.322. The van der Waals surface area contributed by atoms with E-state index >= 15 is 0 Å². The maximum absolute atomic E-state index is 12.2. The highest BCUT2D eigenvalue weighted by molar-refractivity contribution is 9.10. The first kappa shape index (κ1) is 16.8. The maximum Gasteiger partial charge on any atom is 0.276 e. The van der Waals surface area contributed by atoms with Gasteiger partial charge in [-0.3, -0.25) is 4.79 Å². The van der Waals surface area contributed by atoms with Crippen LogP contribution in [0.5, 0.6) is 0 Å². The molecule has 0 fully saturated rings. The number of fused-ring (bicyclic) bond motifs is 1. The predicted molar refractivity (Wildman–Crippen MR) is 105 cm³/mol. The molecule has 0 atom stereocenters. The van der Waals surface area contributed by atoms with Crippen molar-refractivity contribution in [2.75, 3.05) is 10.7 Å². The molecular formula is C14H9BrN8OS2. The molecule has 1 aliphatic heterocycles. The Morgan fingerprint density at radius 3 is 3.04 bits per heavy atom. The Kier molecular flexibility index (Phi) is 4.44. The molecule has 26 heavy (non-hydrogen) atoms. The minimum absolute atomic E-state index is 0.226. The average molecular weight is 449 g/mol. The summed E-state index contributed by atoms with van der Waals surface area (Å²) in [6.45, 7) is 0. The molecule has 12 heteroatoms. The number of hydrogen-bond acceptors (Lipinski definition) is 8. The molecule has 3 N–H and O–H groups in total. The Hall–Kier alpha value is -2.70. The van der Waals surface area contributed by atoms with Gasteiger partial charge in [0.25, 0.3) is 11.9 Å². The molecule has 0 radical (unpaired) electrons. The summed E-state index contributed by atoms with van der Waals surface area (Å²) in [5.41, 5.74) is 4.38. The van der Waals surface area contributed by atoms with Crippen molar-refractivity contribution >= 4 is 69.0 Å². The number of rotatable bonds is 4. The van der Waals surface area contributed by atoms with E-state index in [1.165, 1.54) is 16.0 Å². The zero-order valence-electron chi connectivity index (χ0n) is 12.8. The topological polar surface area (TPSA) is 112 Å². The minimum Gasteiger partial charge on any atom is -0.320 e. The molecule has 1 aromatic carbocycles. The number of thiazole rings is 1. The molecule has 0 saturated heterocycles. The predicted octanol–water partition coefficient (Wildman–Crippen LogP) is 2.81. The molecule has 0 spiro atoms. The van der Waals surface area contributed by atoms with Gasteiger partial charge in [0.15, 0.2) is 5.71 Å². The van der Waals surface area contributed by atoms with Crippen LogP contribution >= 0.6 is 39.5 Å². The third-order valence-corrected chi connectivity index (χ3v) is 5.08. The average Bonchev–Trinajstić information content (AvgIpc) is 3.28. The van der Waals surface area contributed by atoms with Gasteiger partial charge in [0.05, 0.1) is 11.9 Å². The molecule has 0 saturated carbocycles. The Labute approximate surface area is 164 Å². The van der Waals surface area contributed by atoms with E-state index in [1.54, 1.807) is 18.3 Å². The summed E-state index contributed by atoms with van der Waals surface area (Å²) in [4.78, 5) is 16.4. The van der Waals surface area contributed by atoms with E-state index < -0.39 is 0 Å². The standard InChI is InChI=1S/C14H9BrN8OS2/c15-9-6-26-10(18-9)5-16-19-13-20-21-14(25)23(13)22-11-7-3-1-2-4-8(7)17-12(11)24/h1-6H,(H,19,20)(H,21,25)(H,17,22,24)/b16-5+. The summed E-state index contributed by atoms with van der Waals surface area (Å²) < 4.78 is 2.27. The van der Waals surface area contributed by atoms with E-state index in [0.717, 1.165) is 4.60 Å². The highest BCUT2D eigenvalue weighted by Gasteiger charge is 2.26. The van der Waals surface area contributed by atoms with Gasteiger partial charge in [0.2, 0.25) is 4.77 Å². The molecule has 0 bridgehead atoms. The fraction of sp³-hybridized carbons (Fsp3) is 0. The Balaban J connectivity index is 1.64. The number of halogens is 1. The summed E-state index contributed by atoms with van der Waals surface area (Å²) in [7, 11) is 0. The van der Waals surface area contributed by atoms with E-state index in [9.17, 15) is 4.79 Å². The van der Waals surface area contributed by atoms with E-state index in [-0.39, 0.29) is 22.3 Å². The van der Waals surface area contributed by atoms with E-state index in [0.29, 0.717) is 16.3 Å². The minimum atomic E-state index is -0.309. The fourth-order valence-corrected chi connectivity index (χ4v) is 3.53. The van der Waals surface area contributed by atoms with Crippen molar-refractivity contribution in [3.05, 3.63) is 49.6 Å². The number of hydrogen-bond donors (Lipinski definition) is 3. The van der Waals surface area contributed by atoms with Crippen LogP contribution in [0.1, 0.15) is 10.6 Å². The van der Waals surface area contributed by atoms with Crippen LogP contribution in [-0.4, -0.2) is 37.7 Å². The third kappa shape index (κ3) is 3.21. The lowest BCUT2D eigenvalue weighted by Gasteiger charge is -2.01. The van der Waals surface area contributed by atoms with Crippen molar-refractivity contribution in [1.82, 2.24) is 19.9 Å². The van der Waals surface area contributed by atoms with Gasteiger partial charge >= 0.3 is 0 Å².